The standard InChI is InChI=1S/C18H19N3O2/c1-2-11-21(13-15-5-3-4-6-17(15)22)18(23)20-16-9-7-14(12-19)8-10-16/h3-10,22H,2,11,13H2,1H3,(H,20,23). The minimum atomic E-state index is -0.236. The number of phenols is 1. The highest BCUT2D eigenvalue weighted by atomic mass is 16.3. The molecule has 0 saturated heterocycles. The Morgan fingerprint density at radius 1 is 1.22 bits per heavy atom. The van der Waals surface area contributed by atoms with Crippen molar-refractivity contribution in [3.63, 3.8) is 0 Å². The van der Waals surface area contributed by atoms with Crippen molar-refractivity contribution in [2.75, 3.05) is 11.9 Å². The number of carbonyl (C=O) groups is 1. The number of urea groups is 1. The van der Waals surface area contributed by atoms with Gasteiger partial charge in [0.2, 0.25) is 0 Å². The van der Waals surface area contributed by atoms with Crippen LogP contribution < -0.4 is 5.32 Å². The van der Waals surface area contributed by atoms with E-state index in [0.717, 1.165) is 6.42 Å². The maximum absolute atomic E-state index is 12.4. The summed E-state index contributed by atoms with van der Waals surface area (Å²) >= 11 is 0. The van der Waals surface area contributed by atoms with Gasteiger partial charge in [0.25, 0.3) is 0 Å². The lowest BCUT2D eigenvalue weighted by atomic mass is 10.2. The van der Waals surface area contributed by atoms with E-state index in [9.17, 15) is 9.90 Å². The molecular formula is C18H19N3O2. The van der Waals surface area contributed by atoms with Crippen LogP contribution in [0.15, 0.2) is 48.5 Å². The molecule has 0 bridgehead atoms. The molecule has 0 aliphatic carbocycles. The van der Waals surface area contributed by atoms with Gasteiger partial charge < -0.3 is 15.3 Å². The first kappa shape index (κ1) is 16.4. The van der Waals surface area contributed by atoms with Crippen LogP contribution in [0.25, 0.3) is 0 Å². The second-order valence-electron chi connectivity index (χ2n) is 5.17. The first-order chi connectivity index (χ1) is 11.1. The van der Waals surface area contributed by atoms with Crippen molar-refractivity contribution in [1.82, 2.24) is 4.90 Å². The molecule has 2 aromatic carbocycles. The largest absolute Gasteiger partial charge is 0.508 e. The zero-order valence-electron chi connectivity index (χ0n) is 13.0. The fourth-order valence-corrected chi connectivity index (χ4v) is 2.20. The summed E-state index contributed by atoms with van der Waals surface area (Å²) in [7, 11) is 0. The van der Waals surface area contributed by atoms with Gasteiger partial charge in [-0.3, -0.25) is 0 Å². The van der Waals surface area contributed by atoms with E-state index >= 15 is 0 Å². The van der Waals surface area contributed by atoms with Gasteiger partial charge in [-0.1, -0.05) is 25.1 Å². The second kappa shape index (κ2) is 7.85. The van der Waals surface area contributed by atoms with Crippen LogP contribution in [-0.4, -0.2) is 22.6 Å². The molecule has 0 heterocycles. The number of nitriles is 1. The number of hydrogen-bond donors (Lipinski definition) is 2. The first-order valence-electron chi connectivity index (χ1n) is 7.47. The highest BCUT2D eigenvalue weighted by molar-refractivity contribution is 5.89. The summed E-state index contributed by atoms with van der Waals surface area (Å²) in [6.07, 6.45) is 0.814. The van der Waals surface area contributed by atoms with Crippen LogP contribution in [0.5, 0.6) is 5.75 Å². The summed E-state index contributed by atoms with van der Waals surface area (Å²) in [6, 6.07) is 15.5. The van der Waals surface area contributed by atoms with E-state index < -0.39 is 0 Å². The smallest absolute Gasteiger partial charge is 0.322 e. The third-order valence-electron chi connectivity index (χ3n) is 3.40. The molecule has 0 aliphatic heterocycles. The van der Waals surface area contributed by atoms with Crippen molar-refractivity contribution in [1.29, 1.82) is 5.26 Å². The van der Waals surface area contributed by atoms with Gasteiger partial charge >= 0.3 is 6.03 Å². The second-order valence-corrected chi connectivity index (χ2v) is 5.17. The van der Waals surface area contributed by atoms with E-state index in [-0.39, 0.29) is 11.8 Å². The van der Waals surface area contributed by atoms with E-state index in [0.29, 0.717) is 29.9 Å². The third kappa shape index (κ3) is 4.48. The lowest BCUT2D eigenvalue weighted by Crippen LogP contribution is -2.35. The van der Waals surface area contributed by atoms with Crippen molar-refractivity contribution in [2.45, 2.75) is 19.9 Å². The Morgan fingerprint density at radius 3 is 2.52 bits per heavy atom. The fraction of sp³-hybridized carbons (Fsp3) is 0.222. The highest BCUT2D eigenvalue weighted by Gasteiger charge is 2.15. The average Bonchev–Trinajstić information content (AvgIpc) is 2.57. The molecule has 2 rings (SSSR count). The molecule has 0 spiro atoms. The van der Waals surface area contributed by atoms with Crippen molar-refractivity contribution >= 4 is 11.7 Å². The number of anilines is 1. The van der Waals surface area contributed by atoms with E-state index in [4.69, 9.17) is 5.26 Å². The lowest BCUT2D eigenvalue weighted by Gasteiger charge is -2.23. The normalized spacial score (nSPS) is 9.91. The first-order valence-corrected chi connectivity index (χ1v) is 7.47. The SMILES string of the molecule is CCCN(Cc1ccccc1O)C(=O)Nc1ccc(C#N)cc1. The molecule has 0 aromatic heterocycles. The Morgan fingerprint density at radius 2 is 1.91 bits per heavy atom. The minimum Gasteiger partial charge on any atom is -0.508 e. The van der Waals surface area contributed by atoms with Crippen LogP contribution >= 0.6 is 0 Å². The zero-order valence-corrected chi connectivity index (χ0v) is 13.0. The number of benzene rings is 2. The molecule has 5 heteroatoms. The van der Waals surface area contributed by atoms with Gasteiger partial charge in [-0.2, -0.15) is 5.26 Å². The van der Waals surface area contributed by atoms with E-state index in [1.807, 2.05) is 19.1 Å². The summed E-state index contributed by atoms with van der Waals surface area (Å²) < 4.78 is 0. The average molecular weight is 309 g/mol. The fourth-order valence-electron chi connectivity index (χ4n) is 2.20. The van der Waals surface area contributed by atoms with E-state index in [1.54, 1.807) is 47.4 Å². The Kier molecular flexibility index (Phi) is 5.59. The summed E-state index contributed by atoms with van der Waals surface area (Å²) in [4.78, 5) is 14.1. The topological polar surface area (TPSA) is 76.4 Å². The maximum Gasteiger partial charge on any atom is 0.322 e. The Bertz CT molecular complexity index is 705. The van der Waals surface area contributed by atoms with Crippen LogP contribution in [0, 0.1) is 11.3 Å². The molecule has 5 nitrogen and oxygen atoms in total. The molecule has 0 fully saturated rings. The van der Waals surface area contributed by atoms with Crippen LogP contribution in [0.2, 0.25) is 0 Å². The molecule has 2 amide bonds. The van der Waals surface area contributed by atoms with Crippen molar-refractivity contribution in [3.05, 3.63) is 59.7 Å². The number of carbonyl (C=O) groups excluding carboxylic acids is 1. The van der Waals surface area contributed by atoms with Crippen LogP contribution in [0.1, 0.15) is 24.5 Å². The summed E-state index contributed by atoms with van der Waals surface area (Å²) in [5.41, 5.74) is 1.88. The van der Waals surface area contributed by atoms with Gasteiger partial charge in [-0.15, -0.1) is 0 Å². The van der Waals surface area contributed by atoms with Gasteiger partial charge in [-0.05, 0) is 36.8 Å². The zero-order chi connectivity index (χ0) is 16.7. The molecule has 2 N–H and O–H groups in total. The summed E-state index contributed by atoms with van der Waals surface area (Å²) in [5, 5.41) is 21.5. The number of aromatic hydroxyl groups is 1. The van der Waals surface area contributed by atoms with E-state index in [2.05, 4.69) is 5.32 Å². The Labute approximate surface area is 135 Å². The number of hydrogen-bond acceptors (Lipinski definition) is 3. The van der Waals surface area contributed by atoms with Crippen molar-refractivity contribution in [3.8, 4) is 11.8 Å². The molecule has 2 aromatic rings. The van der Waals surface area contributed by atoms with Crippen LogP contribution in [-0.2, 0) is 6.54 Å². The minimum absolute atomic E-state index is 0.180. The molecule has 0 aliphatic rings. The molecular weight excluding hydrogens is 290 g/mol. The summed E-state index contributed by atoms with van der Waals surface area (Å²) in [6.45, 7) is 2.91. The number of nitrogens with zero attached hydrogens (tertiary/aromatic N) is 2. The maximum atomic E-state index is 12.4. The van der Waals surface area contributed by atoms with Gasteiger partial charge in [0.1, 0.15) is 5.75 Å². The predicted molar refractivity (Wildman–Crippen MR) is 89.0 cm³/mol. The molecule has 0 radical (unpaired) electrons. The molecule has 0 saturated carbocycles. The van der Waals surface area contributed by atoms with Gasteiger partial charge in [-0.25, -0.2) is 4.79 Å². The lowest BCUT2D eigenvalue weighted by molar-refractivity contribution is 0.208. The number of amides is 2. The van der Waals surface area contributed by atoms with Crippen molar-refractivity contribution < 1.29 is 9.90 Å². The third-order valence-corrected chi connectivity index (χ3v) is 3.40. The molecule has 0 unspecified atom stereocenters. The van der Waals surface area contributed by atoms with Crippen LogP contribution in [0.3, 0.4) is 0 Å². The van der Waals surface area contributed by atoms with Crippen LogP contribution in [0.4, 0.5) is 10.5 Å². The Balaban J connectivity index is 2.08. The van der Waals surface area contributed by atoms with Crippen molar-refractivity contribution in [2.24, 2.45) is 0 Å². The van der Waals surface area contributed by atoms with Gasteiger partial charge in [0.15, 0.2) is 0 Å². The Hall–Kier alpha value is -3.00. The monoisotopic (exact) mass is 309 g/mol. The van der Waals surface area contributed by atoms with Gasteiger partial charge in [0, 0.05) is 17.8 Å². The van der Waals surface area contributed by atoms with Gasteiger partial charge in [0.05, 0.1) is 18.2 Å². The van der Waals surface area contributed by atoms with E-state index in [1.165, 1.54) is 0 Å². The predicted octanol–water partition coefficient (Wildman–Crippen LogP) is 3.71. The quantitative estimate of drug-likeness (QED) is 0.884. The highest BCUT2D eigenvalue weighted by Crippen LogP contribution is 2.19. The molecule has 23 heavy (non-hydrogen) atoms. The number of phenolic OH excluding ortho intramolecular Hbond substituents is 1. The molecule has 0 atom stereocenters. The summed E-state index contributed by atoms with van der Waals surface area (Å²) in [5.74, 6) is 0.180. The number of para-hydroxylation sites is 1. The number of rotatable bonds is 5. The molecule has 118 valence electrons. The number of nitrogens with one attached hydrogen (secondary N) is 1.